The van der Waals surface area contributed by atoms with Gasteiger partial charge in [0.2, 0.25) is 10.8 Å². The number of hydrogen-bond donors (Lipinski definition) is 0. The molecule has 0 saturated heterocycles. The second-order valence-corrected chi connectivity index (χ2v) is 5.17. The number of unbranched alkanes of at least 4 members (excludes halogenated alkanes) is 1. The Balaban J connectivity index is 2.82. The van der Waals surface area contributed by atoms with Crippen LogP contribution in [-0.4, -0.2) is 55.7 Å². The third-order valence-corrected chi connectivity index (χ3v) is 2.99. The number of carbonyl (C=O) groups excluding carboxylic acids is 1. The number of ether oxygens (including phenoxy) is 1. The Morgan fingerprint density at radius 3 is 2.90 bits per heavy atom. The van der Waals surface area contributed by atoms with Crippen LogP contribution in [0.15, 0.2) is 15.5 Å². The third-order valence-electron chi connectivity index (χ3n) is 2.24. The van der Waals surface area contributed by atoms with Gasteiger partial charge in [0.15, 0.2) is 0 Å². The van der Waals surface area contributed by atoms with Crippen LogP contribution in [0.1, 0.15) is 25.5 Å². The first kappa shape index (κ1) is 17.1. The predicted octanol–water partition coefficient (Wildman–Crippen LogP) is 2.06. The van der Waals surface area contributed by atoms with E-state index in [2.05, 4.69) is 15.1 Å². The molecule has 0 atom stereocenters. The lowest BCUT2D eigenvalue weighted by Crippen LogP contribution is -2.20. The van der Waals surface area contributed by atoms with Crippen LogP contribution in [0.4, 0.5) is 5.13 Å². The number of rotatable bonds is 8. The highest BCUT2D eigenvalue weighted by atomic mass is 32.1. The van der Waals surface area contributed by atoms with E-state index in [4.69, 9.17) is 9.57 Å². The minimum Gasteiger partial charge on any atom is -0.461 e. The Bertz CT molecular complexity index is 511. The number of esters is 1. The number of aromatic nitrogens is 1. The van der Waals surface area contributed by atoms with E-state index in [9.17, 15) is 4.79 Å². The molecule has 0 aliphatic heterocycles. The molecular weight excluding hydrogens is 292 g/mol. The second kappa shape index (κ2) is 9.06. The smallest absolute Gasteiger partial charge is 0.362 e. The molecule has 0 aliphatic carbocycles. The fourth-order valence-electron chi connectivity index (χ4n) is 1.25. The van der Waals surface area contributed by atoms with Crippen molar-refractivity contribution in [2.45, 2.75) is 19.8 Å². The molecule has 1 rings (SSSR count). The molecule has 0 aromatic carbocycles. The Labute approximate surface area is 128 Å². The molecule has 0 fully saturated rings. The van der Waals surface area contributed by atoms with E-state index in [0.29, 0.717) is 17.4 Å². The van der Waals surface area contributed by atoms with Crippen LogP contribution >= 0.6 is 11.3 Å². The molecule has 1 aromatic rings. The largest absolute Gasteiger partial charge is 0.461 e. The van der Waals surface area contributed by atoms with Crippen LogP contribution in [0.2, 0.25) is 0 Å². The summed E-state index contributed by atoms with van der Waals surface area (Å²) in [4.78, 5) is 26.9. The minimum absolute atomic E-state index is 0.0520. The van der Waals surface area contributed by atoms with Gasteiger partial charge >= 0.3 is 5.97 Å². The van der Waals surface area contributed by atoms with Gasteiger partial charge in [-0.05, 0) is 6.42 Å². The van der Waals surface area contributed by atoms with E-state index < -0.39 is 5.97 Å². The van der Waals surface area contributed by atoms with E-state index >= 15 is 0 Å². The Hall–Kier alpha value is -1.96. The topological polar surface area (TPSA) is 76.4 Å². The van der Waals surface area contributed by atoms with Crippen molar-refractivity contribution in [1.29, 1.82) is 0 Å². The summed E-state index contributed by atoms with van der Waals surface area (Å²) >= 11 is 1.31. The summed E-state index contributed by atoms with van der Waals surface area (Å²) in [5.74, 6) is -0.543. The first-order valence-electron chi connectivity index (χ1n) is 6.53. The van der Waals surface area contributed by atoms with Crippen LogP contribution in [0.25, 0.3) is 0 Å². The van der Waals surface area contributed by atoms with Crippen LogP contribution in [0, 0.1) is 0 Å². The lowest BCUT2D eigenvalue weighted by Gasteiger charge is -2.04. The van der Waals surface area contributed by atoms with Crippen molar-refractivity contribution < 1.29 is 14.4 Å². The molecule has 1 aromatic heterocycles. The quantitative estimate of drug-likeness (QED) is 0.241. The van der Waals surface area contributed by atoms with Gasteiger partial charge in [-0.3, -0.25) is 0 Å². The summed E-state index contributed by atoms with van der Waals surface area (Å²) in [6.07, 6.45) is 3.39. The van der Waals surface area contributed by atoms with Crippen molar-refractivity contribution in [2.24, 2.45) is 10.1 Å². The molecule has 1 heterocycles. The first-order chi connectivity index (χ1) is 10.1. The van der Waals surface area contributed by atoms with Crippen molar-refractivity contribution in [3.63, 3.8) is 0 Å². The zero-order chi connectivity index (χ0) is 15.7. The molecule has 0 bridgehead atoms. The normalized spacial score (nSPS) is 11.7. The Morgan fingerprint density at radius 2 is 2.29 bits per heavy atom. The zero-order valence-electron chi connectivity index (χ0n) is 12.7. The molecule has 8 heteroatoms. The van der Waals surface area contributed by atoms with Crippen LogP contribution < -0.4 is 0 Å². The van der Waals surface area contributed by atoms with Crippen molar-refractivity contribution >= 4 is 34.5 Å². The molecule has 0 saturated carbocycles. The van der Waals surface area contributed by atoms with E-state index in [1.807, 2.05) is 21.0 Å². The van der Waals surface area contributed by atoms with Gasteiger partial charge in [0.1, 0.15) is 12.8 Å². The van der Waals surface area contributed by atoms with Crippen molar-refractivity contribution in [3.8, 4) is 0 Å². The highest BCUT2D eigenvalue weighted by Gasteiger charge is 2.20. The summed E-state index contributed by atoms with van der Waals surface area (Å²) in [5.41, 5.74) is 0.449. The van der Waals surface area contributed by atoms with E-state index in [0.717, 1.165) is 12.8 Å². The molecular formula is C13H20N4O3S. The Kier molecular flexibility index (Phi) is 7.38. The highest BCUT2D eigenvalue weighted by molar-refractivity contribution is 7.13. The van der Waals surface area contributed by atoms with E-state index in [1.165, 1.54) is 18.4 Å². The van der Waals surface area contributed by atoms with Crippen molar-refractivity contribution in [1.82, 2.24) is 9.88 Å². The highest BCUT2D eigenvalue weighted by Crippen LogP contribution is 2.19. The number of hydrogen-bond acceptors (Lipinski definition) is 7. The second-order valence-electron chi connectivity index (χ2n) is 4.34. The summed E-state index contributed by atoms with van der Waals surface area (Å²) in [5, 5.41) is 5.93. The lowest BCUT2D eigenvalue weighted by atomic mass is 10.3. The fourth-order valence-corrected chi connectivity index (χ4v) is 1.90. The number of nitrogens with zero attached hydrogens (tertiary/aromatic N) is 4. The van der Waals surface area contributed by atoms with Crippen LogP contribution in [0.3, 0.4) is 0 Å². The summed E-state index contributed by atoms with van der Waals surface area (Å²) in [6.45, 7) is 2.38. The maximum atomic E-state index is 12.0. The van der Waals surface area contributed by atoms with Crippen LogP contribution in [-0.2, 0) is 14.4 Å². The molecule has 0 spiro atoms. The van der Waals surface area contributed by atoms with Gasteiger partial charge in [-0.15, -0.1) is 11.3 Å². The minimum atomic E-state index is -0.543. The third kappa shape index (κ3) is 5.90. The SMILES string of the molecule is CCCCOC(=O)/C(=N\OC)c1csc(/N=C/N(C)C)n1. The summed E-state index contributed by atoms with van der Waals surface area (Å²) < 4.78 is 5.13. The number of carbonyl (C=O) groups is 1. The summed E-state index contributed by atoms with van der Waals surface area (Å²) in [6, 6.07) is 0. The van der Waals surface area contributed by atoms with E-state index in [1.54, 1.807) is 16.6 Å². The Morgan fingerprint density at radius 1 is 1.52 bits per heavy atom. The van der Waals surface area contributed by atoms with Gasteiger partial charge in [0.05, 0.1) is 12.9 Å². The number of aliphatic imine (C=N–C) groups is 1. The molecule has 0 aliphatic rings. The van der Waals surface area contributed by atoms with E-state index in [-0.39, 0.29) is 5.71 Å². The molecule has 0 unspecified atom stereocenters. The standard InChI is InChI=1S/C13H20N4O3S/c1-5-6-7-20-12(18)11(16-19-4)10-8-21-13(15-10)14-9-17(2)3/h8-9H,5-7H2,1-4H3/b14-9+,16-11-. The van der Waals surface area contributed by atoms with Gasteiger partial charge < -0.3 is 14.5 Å². The van der Waals surface area contributed by atoms with Gasteiger partial charge in [0, 0.05) is 19.5 Å². The van der Waals surface area contributed by atoms with Crippen LogP contribution in [0.5, 0.6) is 0 Å². The van der Waals surface area contributed by atoms with Gasteiger partial charge in [0.25, 0.3) is 0 Å². The molecule has 21 heavy (non-hydrogen) atoms. The first-order valence-corrected chi connectivity index (χ1v) is 7.41. The van der Waals surface area contributed by atoms with Gasteiger partial charge in [-0.1, -0.05) is 18.5 Å². The summed E-state index contributed by atoms with van der Waals surface area (Å²) in [7, 11) is 5.10. The van der Waals surface area contributed by atoms with Crippen molar-refractivity contribution in [3.05, 3.63) is 11.1 Å². The molecule has 0 amide bonds. The number of oxime groups is 1. The maximum absolute atomic E-state index is 12.0. The molecule has 7 nitrogen and oxygen atoms in total. The fraction of sp³-hybridized carbons (Fsp3) is 0.538. The molecule has 116 valence electrons. The average Bonchev–Trinajstić information content (AvgIpc) is 2.91. The zero-order valence-corrected chi connectivity index (χ0v) is 13.5. The maximum Gasteiger partial charge on any atom is 0.362 e. The average molecular weight is 312 g/mol. The van der Waals surface area contributed by atoms with Gasteiger partial charge in [-0.2, -0.15) is 0 Å². The lowest BCUT2D eigenvalue weighted by molar-refractivity contribution is -0.135. The molecule has 0 N–H and O–H groups in total. The van der Waals surface area contributed by atoms with Crippen molar-refractivity contribution in [2.75, 3.05) is 27.8 Å². The molecule has 0 radical (unpaired) electrons. The number of thiazole rings is 1. The monoisotopic (exact) mass is 312 g/mol. The predicted molar refractivity (Wildman–Crippen MR) is 83.4 cm³/mol. The van der Waals surface area contributed by atoms with Gasteiger partial charge in [-0.25, -0.2) is 14.8 Å².